The number of esters is 3. The monoisotopic (exact) mass is 839 g/mol. The van der Waals surface area contributed by atoms with Gasteiger partial charge in [0.2, 0.25) is 0 Å². The van der Waals surface area contributed by atoms with E-state index in [1.807, 2.05) is 12.2 Å². The highest BCUT2D eigenvalue weighted by Crippen LogP contribution is 2.15. The molecule has 1 atom stereocenters. The third-order valence-electron chi connectivity index (χ3n) is 10.8. The zero-order chi connectivity index (χ0) is 43.7. The molecule has 0 saturated heterocycles. The maximum Gasteiger partial charge on any atom is 0.306 e. The number of hydrogen-bond acceptors (Lipinski definition) is 6. The fraction of sp³-hybridized carbons (Fsp3) is 0.759. The highest BCUT2D eigenvalue weighted by Gasteiger charge is 2.19. The van der Waals surface area contributed by atoms with Crippen LogP contribution in [-0.4, -0.2) is 37.2 Å². The molecule has 0 aromatic rings. The molecule has 0 radical (unpaired) electrons. The van der Waals surface area contributed by atoms with E-state index in [-0.39, 0.29) is 31.6 Å². The first-order chi connectivity index (χ1) is 29.5. The molecule has 0 aliphatic rings. The quantitative estimate of drug-likeness (QED) is 0.0263. The molecule has 60 heavy (non-hydrogen) atoms. The average molecular weight is 839 g/mol. The Morgan fingerprint density at radius 1 is 0.350 bits per heavy atom. The maximum atomic E-state index is 12.7. The molecule has 6 nitrogen and oxygen atoms in total. The fourth-order valence-electron chi connectivity index (χ4n) is 6.98. The van der Waals surface area contributed by atoms with Crippen molar-refractivity contribution in [2.45, 2.75) is 252 Å². The SMILES string of the molecule is CC/C=C\C/C=C\C/C=C\C/C=C\CCC(=O)OC(COC(=O)CCCCCCC/C=C\CCCCCC)COC(=O)CCCCCCCCCCCCCCCCCC. The third kappa shape index (κ3) is 46.2. The zero-order valence-electron chi connectivity index (χ0n) is 39.5. The fourth-order valence-corrected chi connectivity index (χ4v) is 6.98. The van der Waals surface area contributed by atoms with Gasteiger partial charge in [-0.1, -0.05) is 216 Å². The largest absolute Gasteiger partial charge is 0.462 e. The van der Waals surface area contributed by atoms with Crippen molar-refractivity contribution in [2.75, 3.05) is 13.2 Å². The number of carbonyl (C=O) groups excluding carboxylic acids is 3. The van der Waals surface area contributed by atoms with Crippen molar-refractivity contribution in [2.24, 2.45) is 0 Å². The van der Waals surface area contributed by atoms with Crippen molar-refractivity contribution in [3.05, 3.63) is 60.8 Å². The van der Waals surface area contributed by atoms with E-state index in [2.05, 4.69) is 69.4 Å². The van der Waals surface area contributed by atoms with Crippen LogP contribution in [0.3, 0.4) is 0 Å². The summed E-state index contributed by atoms with van der Waals surface area (Å²) in [6, 6.07) is 0. The van der Waals surface area contributed by atoms with Crippen LogP contribution in [-0.2, 0) is 28.6 Å². The Bertz CT molecular complexity index is 1100. The number of carbonyl (C=O) groups is 3. The lowest BCUT2D eigenvalue weighted by atomic mass is 10.0. The Kier molecular flexibility index (Phi) is 46.4. The van der Waals surface area contributed by atoms with Crippen LogP contribution in [0.4, 0.5) is 0 Å². The van der Waals surface area contributed by atoms with Crippen molar-refractivity contribution < 1.29 is 28.6 Å². The molecule has 0 N–H and O–H groups in total. The molecule has 0 bridgehead atoms. The van der Waals surface area contributed by atoms with Crippen molar-refractivity contribution in [3.8, 4) is 0 Å². The number of hydrogen-bond donors (Lipinski definition) is 0. The van der Waals surface area contributed by atoms with Gasteiger partial charge in [-0.15, -0.1) is 0 Å². The van der Waals surface area contributed by atoms with E-state index >= 15 is 0 Å². The van der Waals surface area contributed by atoms with Crippen LogP contribution in [0.25, 0.3) is 0 Å². The molecule has 0 saturated carbocycles. The first kappa shape index (κ1) is 57.1. The van der Waals surface area contributed by atoms with Gasteiger partial charge in [0.1, 0.15) is 13.2 Å². The Labute approximate surface area is 370 Å². The smallest absolute Gasteiger partial charge is 0.306 e. The van der Waals surface area contributed by atoms with Gasteiger partial charge in [0.05, 0.1) is 0 Å². The third-order valence-corrected chi connectivity index (χ3v) is 10.8. The Morgan fingerprint density at radius 3 is 1.10 bits per heavy atom. The number of allylic oxidation sites excluding steroid dienone is 10. The Balaban J connectivity index is 4.44. The summed E-state index contributed by atoms with van der Waals surface area (Å²) in [5.74, 6) is -0.991. The van der Waals surface area contributed by atoms with E-state index in [4.69, 9.17) is 14.2 Å². The minimum absolute atomic E-state index is 0.103. The van der Waals surface area contributed by atoms with Gasteiger partial charge in [0.15, 0.2) is 6.10 Å². The highest BCUT2D eigenvalue weighted by atomic mass is 16.6. The van der Waals surface area contributed by atoms with Crippen LogP contribution in [0.1, 0.15) is 245 Å². The standard InChI is InChI=1S/C54H94O6/c1-4-7-10-13-16-19-22-25-26-27-30-32-35-38-41-44-47-53(56)59-50-51(60-54(57)48-45-42-39-36-33-29-24-21-18-15-12-9-6-3)49-58-52(55)46-43-40-37-34-31-28-23-20-17-14-11-8-5-2/h9,12,18,20-21,23,29,33,39,42,51H,4-8,10-11,13-17,19,22,24-28,30-32,34-38,40-41,43-50H2,1-3H3/b12-9-,21-18-,23-20-,33-29-,42-39-. The molecular formula is C54H94O6. The molecule has 0 rings (SSSR count). The van der Waals surface area contributed by atoms with Crippen LogP contribution in [0.5, 0.6) is 0 Å². The number of unbranched alkanes of at least 4 members (excludes halogenated alkanes) is 24. The van der Waals surface area contributed by atoms with Gasteiger partial charge < -0.3 is 14.2 Å². The number of ether oxygens (including phenoxy) is 3. The Morgan fingerprint density at radius 2 is 0.683 bits per heavy atom. The Hall–Kier alpha value is -2.89. The van der Waals surface area contributed by atoms with Crippen LogP contribution in [0, 0.1) is 0 Å². The second kappa shape index (κ2) is 48.8. The molecule has 0 fully saturated rings. The summed E-state index contributed by atoms with van der Waals surface area (Å²) >= 11 is 0. The van der Waals surface area contributed by atoms with Crippen LogP contribution in [0.15, 0.2) is 60.8 Å². The van der Waals surface area contributed by atoms with E-state index in [1.165, 1.54) is 128 Å². The maximum absolute atomic E-state index is 12.7. The molecule has 1 unspecified atom stereocenters. The molecule has 346 valence electrons. The summed E-state index contributed by atoms with van der Waals surface area (Å²) in [5, 5.41) is 0. The summed E-state index contributed by atoms with van der Waals surface area (Å²) in [5.41, 5.74) is 0. The van der Waals surface area contributed by atoms with E-state index in [9.17, 15) is 14.4 Å². The zero-order valence-corrected chi connectivity index (χ0v) is 39.5. The second-order valence-electron chi connectivity index (χ2n) is 16.7. The molecule has 6 heteroatoms. The van der Waals surface area contributed by atoms with E-state index in [0.29, 0.717) is 19.3 Å². The average Bonchev–Trinajstić information content (AvgIpc) is 3.24. The summed E-state index contributed by atoms with van der Waals surface area (Å²) in [6.07, 6.45) is 59.3. The van der Waals surface area contributed by atoms with E-state index in [1.54, 1.807) is 0 Å². The molecule has 0 aromatic carbocycles. The van der Waals surface area contributed by atoms with Gasteiger partial charge in [0.25, 0.3) is 0 Å². The molecule has 0 aromatic heterocycles. The summed E-state index contributed by atoms with van der Waals surface area (Å²) in [6.45, 7) is 6.45. The van der Waals surface area contributed by atoms with E-state index < -0.39 is 12.1 Å². The van der Waals surface area contributed by atoms with Crippen molar-refractivity contribution in [1.82, 2.24) is 0 Å². The summed E-state index contributed by atoms with van der Waals surface area (Å²) in [7, 11) is 0. The molecule has 0 heterocycles. The molecule has 0 spiro atoms. The van der Waals surface area contributed by atoms with Crippen molar-refractivity contribution in [3.63, 3.8) is 0 Å². The normalized spacial score (nSPS) is 12.5. The predicted molar refractivity (Wildman–Crippen MR) is 256 cm³/mol. The van der Waals surface area contributed by atoms with Crippen LogP contribution >= 0.6 is 0 Å². The molecule has 0 aliphatic heterocycles. The molecule has 0 amide bonds. The highest BCUT2D eigenvalue weighted by molar-refractivity contribution is 5.71. The lowest BCUT2D eigenvalue weighted by molar-refractivity contribution is -0.166. The van der Waals surface area contributed by atoms with Crippen LogP contribution < -0.4 is 0 Å². The van der Waals surface area contributed by atoms with Gasteiger partial charge >= 0.3 is 17.9 Å². The van der Waals surface area contributed by atoms with Gasteiger partial charge in [-0.25, -0.2) is 0 Å². The molecular weight excluding hydrogens is 745 g/mol. The first-order valence-electron chi connectivity index (χ1n) is 25.3. The van der Waals surface area contributed by atoms with E-state index in [0.717, 1.165) is 70.6 Å². The predicted octanol–water partition coefficient (Wildman–Crippen LogP) is 16.5. The minimum atomic E-state index is -0.812. The van der Waals surface area contributed by atoms with Gasteiger partial charge in [-0.2, -0.15) is 0 Å². The lowest BCUT2D eigenvalue weighted by Gasteiger charge is -2.18. The molecule has 0 aliphatic carbocycles. The number of rotatable bonds is 45. The summed E-state index contributed by atoms with van der Waals surface area (Å²) < 4.78 is 16.7. The minimum Gasteiger partial charge on any atom is -0.462 e. The van der Waals surface area contributed by atoms with Gasteiger partial charge in [0, 0.05) is 19.3 Å². The second-order valence-corrected chi connectivity index (χ2v) is 16.7. The van der Waals surface area contributed by atoms with Crippen LogP contribution in [0.2, 0.25) is 0 Å². The summed E-state index contributed by atoms with van der Waals surface area (Å²) in [4.78, 5) is 37.9. The van der Waals surface area contributed by atoms with Gasteiger partial charge in [-0.05, 0) is 70.6 Å². The van der Waals surface area contributed by atoms with Crippen molar-refractivity contribution in [1.29, 1.82) is 0 Å². The first-order valence-corrected chi connectivity index (χ1v) is 25.3. The van der Waals surface area contributed by atoms with Crippen molar-refractivity contribution >= 4 is 17.9 Å². The lowest BCUT2D eigenvalue weighted by Crippen LogP contribution is -2.30. The van der Waals surface area contributed by atoms with Gasteiger partial charge in [-0.3, -0.25) is 14.4 Å². The topological polar surface area (TPSA) is 78.9 Å².